The zero-order valence-corrected chi connectivity index (χ0v) is 13.9. The summed E-state index contributed by atoms with van der Waals surface area (Å²) in [7, 11) is 0. The predicted octanol–water partition coefficient (Wildman–Crippen LogP) is 4.74. The average Bonchev–Trinajstić information content (AvgIpc) is 2.89. The van der Waals surface area contributed by atoms with Crippen molar-refractivity contribution in [3.8, 4) is 11.6 Å². The van der Waals surface area contributed by atoms with Crippen molar-refractivity contribution in [3.05, 3.63) is 41.0 Å². The summed E-state index contributed by atoms with van der Waals surface area (Å²) in [5.74, 6) is 0.403. The molecule has 1 aromatic carbocycles. The number of carbonyl (C=O) groups is 1. The van der Waals surface area contributed by atoms with Crippen molar-refractivity contribution in [3.63, 3.8) is 0 Å². The van der Waals surface area contributed by atoms with E-state index in [1.807, 2.05) is 39.0 Å². The molecule has 2 rings (SSSR count). The molecule has 118 valence electrons. The topological polar surface area (TPSA) is 44.1 Å². The highest BCUT2D eigenvalue weighted by molar-refractivity contribution is 6.32. The Hall–Kier alpha value is -1.81. The molecule has 0 aliphatic heterocycles. The minimum atomic E-state index is -0.245. The average molecular weight is 321 g/mol. The molecule has 0 saturated carbocycles. The molecule has 1 heterocycles. The third-order valence-corrected chi connectivity index (χ3v) is 3.64. The van der Waals surface area contributed by atoms with E-state index in [4.69, 9.17) is 16.3 Å². The lowest BCUT2D eigenvalue weighted by Crippen LogP contribution is -2.11. The second kappa shape index (κ2) is 7.45. The van der Waals surface area contributed by atoms with Gasteiger partial charge in [0.25, 0.3) is 0 Å². The van der Waals surface area contributed by atoms with E-state index in [1.165, 1.54) is 0 Å². The molecule has 0 spiro atoms. The number of aromatic nitrogens is 2. The van der Waals surface area contributed by atoms with Gasteiger partial charge >= 0.3 is 5.97 Å². The molecule has 0 bridgehead atoms. The zero-order valence-electron chi connectivity index (χ0n) is 13.2. The van der Waals surface area contributed by atoms with Crippen LogP contribution in [-0.4, -0.2) is 15.7 Å². The number of hydrogen-bond donors (Lipinski definition) is 0. The van der Waals surface area contributed by atoms with E-state index in [0.29, 0.717) is 23.0 Å². The van der Waals surface area contributed by atoms with E-state index in [0.717, 1.165) is 18.5 Å². The summed E-state index contributed by atoms with van der Waals surface area (Å²) in [4.78, 5) is 11.9. The number of halogens is 1. The van der Waals surface area contributed by atoms with Crippen molar-refractivity contribution in [1.82, 2.24) is 9.78 Å². The fourth-order valence-electron chi connectivity index (χ4n) is 2.02. The summed E-state index contributed by atoms with van der Waals surface area (Å²) in [6.07, 6.45) is 2.17. The smallest absolute Gasteiger partial charge is 0.312 e. The Morgan fingerprint density at radius 2 is 2.09 bits per heavy atom. The lowest BCUT2D eigenvalue weighted by atomic mass is 10.1. The Morgan fingerprint density at radius 1 is 1.36 bits per heavy atom. The van der Waals surface area contributed by atoms with Gasteiger partial charge in [-0.1, -0.05) is 50.9 Å². The van der Waals surface area contributed by atoms with E-state index < -0.39 is 0 Å². The lowest BCUT2D eigenvalue weighted by Gasteiger charge is -2.09. The number of carbonyl (C=O) groups excluding carboxylic acids is 1. The van der Waals surface area contributed by atoms with E-state index in [9.17, 15) is 4.79 Å². The Balaban J connectivity index is 2.36. The minimum absolute atomic E-state index is 0.233. The number of rotatable bonds is 6. The molecule has 0 amide bonds. The van der Waals surface area contributed by atoms with Crippen LogP contribution >= 0.6 is 11.6 Å². The summed E-state index contributed by atoms with van der Waals surface area (Å²) in [6, 6.07) is 9.17. The number of esters is 1. The molecule has 4 nitrogen and oxygen atoms in total. The molecule has 0 saturated heterocycles. The van der Waals surface area contributed by atoms with Crippen LogP contribution in [-0.2, 0) is 4.79 Å². The molecule has 0 aliphatic rings. The molecule has 5 heteroatoms. The van der Waals surface area contributed by atoms with Crippen molar-refractivity contribution in [2.24, 2.45) is 0 Å². The molecule has 0 unspecified atom stereocenters. The number of ether oxygens (including phenoxy) is 1. The maximum absolute atomic E-state index is 11.9. The lowest BCUT2D eigenvalue weighted by molar-refractivity contribution is -0.134. The SMILES string of the molecule is CCCCC(=O)Oc1cc(C(C)C)nn1-c1ccccc1Cl. The number of hydrogen-bond acceptors (Lipinski definition) is 3. The Bertz CT molecular complexity index is 650. The van der Waals surface area contributed by atoms with Crippen LogP contribution in [0.15, 0.2) is 30.3 Å². The maximum atomic E-state index is 11.9. The van der Waals surface area contributed by atoms with Gasteiger partial charge in [0.1, 0.15) is 0 Å². The Labute approximate surface area is 136 Å². The highest BCUT2D eigenvalue weighted by atomic mass is 35.5. The highest BCUT2D eigenvalue weighted by Crippen LogP contribution is 2.28. The first-order valence-electron chi connectivity index (χ1n) is 7.58. The summed E-state index contributed by atoms with van der Waals surface area (Å²) in [5.41, 5.74) is 1.56. The molecule has 22 heavy (non-hydrogen) atoms. The largest absolute Gasteiger partial charge is 0.407 e. The van der Waals surface area contributed by atoms with Gasteiger partial charge in [0.05, 0.1) is 16.4 Å². The third-order valence-electron chi connectivity index (χ3n) is 3.32. The van der Waals surface area contributed by atoms with Crippen LogP contribution in [0, 0.1) is 0 Å². The van der Waals surface area contributed by atoms with Crippen LogP contribution in [0.2, 0.25) is 5.02 Å². The second-order valence-corrected chi connectivity index (χ2v) is 5.91. The monoisotopic (exact) mass is 320 g/mol. The molecule has 2 aromatic rings. The van der Waals surface area contributed by atoms with Gasteiger partial charge in [0, 0.05) is 12.5 Å². The van der Waals surface area contributed by atoms with Crippen LogP contribution in [0.5, 0.6) is 5.88 Å². The summed E-state index contributed by atoms with van der Waals surface area (Å²) < 4.78 is 7.09. The van der Waals surface area contributed by atoms with Crippen LogP contribution < -0.4 is 4.74 Å². The van der Waals surface area contributed by atoms with Gasteiger partial charge in [0.2, 0.25) is 5.88 Å². The number of benzene rings is 1. The molecule has 0 radical (unpaired) electrons. The summed E-state index contributed by atoms with van der Waals surface area (Å²) in [6.45, 7) is 6.13. The molecule has 0 fully saturated rings. The summed E-state index contributed by atoms with van der Waals surface area (Å²) in [5, 5.41) is 5.09. The van der Waals surface area contributed by atoms with E-state index in [1.54, 1.807) is 16.8 Å². The first-order valence-corrected chi connectivity index (χ1v) is 7.96. The van der Waals surface area contributed by atoms with E-state index in [2.05, 4.69) is 5.10 Å². The van der Waals surface area contributed by atoms with Gasteiger partial charge in [0.15, 0.2) is 0 Å². The highest BCUT2D eigenvalue weighted by Gasteiger charge is 2.17. The van der Waals surface area contributed by atoms with Gasteiger partial charge < -0.3 is 4.74 Å². The Kier molecular flexibility index (Phi) is 5.61. The van der Waals surface area contributed by atoms with Crippen molar-refractivity contribution in [2.75, 3.05) is 0 Å². The van der Waals surface area contributed by atoms with Gasteiger partial charge in [-0.15, -0.1) is 0 Å². The van der Waals surface area contributed by atoms with E-state index in [-0.39, 0.29) is 11.9 Å². The second-order valence-electron chi connectivity index (χ2n) is 5.50. The molecular formula is C17H21ClN2O2. The van der Waals surface area contributed by atoms with E-state index >= 15 is 0 Å². The van der Waals surface area contributed by atoms with Crippen LogP contribution in [0.3, 0.4) is 0 Å². The van der Waals surface area contributed by atoms with Crippen molar-refractivity contribution < 1.29 is 9.53 Å². The predicted molar refractivity (Wildman–Crippen MR) is 87.8 cm³/mol. The fraction of sp³-hybridized carbons (Fsp3) is 0.412. The van der Waals surface area contributed by atoms with Crippen molar-refractivity contribution in [2.45, 2.75) is 46.0 Å². The summed E-state index contributed by atoms with van der Waals surface area (Å²) >= 11 is 6.24. The fourth-order valence-corrected chi connectivity index (χ4v) is 2.24. The first-order chi connectivity index (χ1) is 10.5. The number of para-hydroxylation sites is 1. The van der Waals surface area contributed by atoms with Crippen molar-refractivity contribution >= 4 is 17.6 Å². The standard InChI is InChI=1S/C17H21ClN2O2/c1-4-5-10-17(21)22-16-11-14(12(2)3)19-20(16)15-9-7-6-8-13(15)18/h6-9,11-12H,4-5,10H2,1-3H3. The van der Waals surface area contributed by atoms with Gasteiger partial charge in [-0.3, -0.25) is 4.79 Å². The first kappa shape index (κ1) is 16.6. The minimum Gasteiger partial charge on any atom is -0.407 e. The van der Waals surface area contributed by atoms with Gasteiger partial charge in [-0.2, -0.15) is 9.78 Å². The normalized spacial score (nSPS) is 11.0. The molecule has 1 aromatic heterocycles. The van der Waals surface area contributed by atoms with Gasteiger partial charge in [-0.25, -0.2) is 0 Å². The number of nitrogens with zero attached hydrogens (tertiary/aromatic N) is 2. The number of unbranched alkanes of at least 4 members (excludes halogenated alkanes) is 1. The van der Waals surface area contributed by atoms with Crippen LogP contribution in [0.4, 0.5) is 0 Å². The quantitative estimate of drug-likeness (QED) is 0.722. The molecule has 0 aliphatic carbocycles. The van der Waals surface area contributed by atoms with Crippen LogP contribution in [0.1, 0.15) is 51.6 Å². The zero-order chi connectivity index (χ0) is 16.1. The maximum Gasteiger partial charge on any atom is 0.312 e. The van der Waals surface area contributed by atoms with Crippen LogP contribution in [0.25, 0.3) is 5.69 Å². The third kappa shape index (κ3) is 3.89. The molecular weight excluding hydrogens is 300 g/mol. The molecule has 0 atom stereocenters. The Morgan fingerprint density at radius 3 is 2.73 bits per heavy atom. The molecule has 0 N–H and O–H groups in total. The van der Waals surface area contributed by atoms with Crippen molar-refractivity contribution in [1.29, 1.82) is 0 Å². The van der Waals surface area contributed by atoms with Gasteiger partial charge in [-0.05, 0) is 24.5 Å².